The van der Waals surface area contributed by atoms with Gasteiger partial charge in [0.2, 0.25) is 0 Å². The van der Waals surface area contributed by atoms with Crippen LogP contribution in [0, 0.1) is 0 Å². The lowest BCUT2D eigenvalue weighted by atomic mass is 9.92. The summed E-state index contributed by atoms with van der Waals surface area (Å²) in [5, 5.41) is 50.4. The lowest BCUT2D eigenvalue weighted by Gasteiger charge is -2.16. The third-order valence-corrected chi connectivity index (χ3v) is 16.0. The van der Waals surface area contributed by atoms with E-state index in [-0.39, 0.29) is 0 Å². The molecule has 10 heterocycles. The predicted octanol–water partition coefficient (Wildman–Crippen LogP) is 18.1. The maximum Gasteiger partial charge on any atom is 0.125 e. The Bertz CT molecular complexity index is 5190. The van der Waals surface area contributed by atoms with E-state index in [9.17, 15) is 0 Å². The lowest BCUT2D eigenvalue weighted by molar-refractivity contribution is 0.894. The number of pyridine rings is 4. The minimum absolute atomic E-state index is 0.593. The Morgan fingerprint density at radius 3 is 1.43 bits per heavy atom. The SMILES string of the molecule is c1ccc2cnccc2c1.c1ccc2cnncc2c1.c1ccc2ncccc2c1.c1ccc2nccnc2c1.c1ccc2ncncc2c1.c1ccc2nnc(-c3nnnc4ccc(-c5ccc6ccccc6n5)c(-c5nccc6ccccc56)c34)cc2c1.c1ccc2nnccc2c1. The van der Waals surface area contributed by atoms with Crippen LogP contribution in [0.3, 0.4) is 0 Å². The van der Waals surface area contributed by atoms with Crippen molar-refractivity contribution in [2.24, 2.45) is 0 Å². The van der Waals surface area contributed by atoms with Gasteiger partial charge >= 0.3 is 0 Å². The molecule has 17 heteroatoms. The van der Waals surface area contributed by atoms with Crippen molar-refractivity contribution in [3.05, 3.63) is 347 Å². The van der Waals surface area contributed by atoms with Crippen LogP contribution in [-0.4, -0.2) is 85.9 Å². The van der Waals surface area contributed by atoms with Crippen molar-refractivity contribution in [1.82, 2.24) is 85.9 Å². The van der Waals surface area contributed by atoms with Crippen molar-refractivity contribution < 1.29 is 0 Å². The summed E-state index contributed by atoms with van der Waals surface area (Å²) in [6, 6.07) is 92.3. The quantitative estimate of drug-likeness (QED) is 0.160. The number of fused-ring (bicyclic) bond motifs is 10. The van der Waals surface area contributed by atoms with E-state index in [1.54, 1.807) is 37.3 Å². The Morgan fingerprint density at radius 1 is 0.230 bits per heavy atom. The first kappa shape index (κ1) is 63.2. The maximum atomic E-state index is 5.05. The van der Waals surface area contributed by atoms with E-state index < -0.39 is 0 Å². The highest BCUT2D eigenvalue weighted by Crippen LogP contribution is 2.42. The normalized spacial score (nSPS) is 10.6. The highest BCUT2D eigenvalue weighted by molar-refractivity contribution is 6.12. The first-order valence-electron chi connectivity index (χ1n) is 31.9. The Kier molecular flexibility index (Phi) is 19.8. The monoisotopic (exact) mass is 1290 g/mol. The van der Waals surface area contributed by atoms with Gasteiger partial charge in [-0.05, 0) is 112 Å². The molecule has 0 aliphatic carbocycles. The number of para-hydroxylation sites is 5. The maximum absolute atomic E-state index is 5.05. The van der Waals surface area contributed by atoms with Gasteiger partial charge in [-0.15, -0.1) is 20.4 Å². The molecule has 0 aliphatic heterocycles. The fourth-order valence-corrected chi connectivity index (χ4v) is 11.1. The molecule has 10 aromatic heterocycles. The third-order valence-electron chi connectivity index (χ3n) is 16.0. The van der Waals surface area contributed by atoms with Gasteiger partial charge in [-0.25, -0.2) is 15.0 Å². The van der Waals surface area contributed by atoms with Crippen molar-refractivity contribution in [3.8, 4) is 33.9 Å². The van der Waals surface area contributed by atoms with Crippen LogP contribution in [0.2, 0.25) is 0 Å². The van der Waals surface area contributed by atoms with E-state index in [4.69, 9.17) is 9.97 Å². The van der Waals surface area contributed by atoms with Gasteiger partial charge in [0.05, 0.1) is 74.1 Å². The highest BCUT2D eigenvalue weighted by Gasteiger charge is 2.22. The number of hydrogen-bond donors (Lipinski definition) is 0. The zero-order chi connectivity index (χ0) is 67.3. The minimum Gasteiger partial charge on any atom is -0.264 e. The largest absolute Gasteiger partial charge is 0.264 e. The number of aromatic nitrogens is 17. The number of hydrogen-bond acceptors (Lipinski definition) is 17. The van der Waals surface area contributed by atoms with Gasteiger partial charge in [-0.2, -0.15) is 20.4 Å². The van der Waals surface area contributed by atoms with Crippen molar-refractivity contribution >= 4 is 109 Å². The smallest absolute Gasteiger partial charge is 0.125 e. The van der Waals surface area contributed by atoms with Gasteiger partial charge in [0.15, 0.2) is 0 Å². The van der Waals surface area contributed by atoms with Gasteiger partial charge < -0.3 is 0 Å². The second kappa shape index (κ2) is 31.4. The molecular weight excluding hydrogens is 1240 g/mol. The summed E-state index contributed by atoms with van der Waals surface area (Å²) in [5.74, 6) is 0. The molecule has 0 aliphatic rings. The zero-order valence-corrected chi connectivity index (χ0v) is 53.5. The summed E-state index contributed by atoms with van der Waals surface area (Å²) in [5.41, 5.74) is 12.0. The van der Waals surface area contributed by atoms with Crippen LogP contribution in [0.1, 0.15) is 0 Å². The molecule has 0 amide bonds. The first-order chi connectivity index (χ1) is 49.6. The standard InChI is InChI=1S/C33H19N7.2C9H7N.4C8H6N2/c1-4-10-23-20(7-1)17-18-34-32(23)30-24(27-15-13-21-8-2-5-11-25(21)35-27)14-16-28-31(30)33(39-40-38-28)29-19-22-9-3-6-12-26(22)36-37-29;1-2-6-9-8(4-1)5-3-7-10-9;1-2-4-9-7-10-6-5-8(9)3-1;1-2-4-8-7(3-1)5-9-6-10-8;1-2-4-8-6-10-9-5-7(8)3-1;1-2-4-8-7(3-1)9-5-6-10-8;1-2-4-8-7(3-1)5-6-9-10-8/h1-19H;2*1-7H;4*1-6H. The average molecular weight is 1290 g/mol. The summed E-state index contributed by atoms with van der Waals surface area (Å²) in [7, 11) is 0. The first-order valence-corrected chi connectivity index (χ1v) is 31.9. The topological polar surface area (TPSA) is 219 Å². The Hall–Kier alpha value is -14.2. The van der Waals surface area contributed by atoms with E-state index in [0.29, 0.717) is 16.9 Å². The molecular formula is C83H57N17. The minimum atomic E-state index is 0.593. The van der Waals surface area contributed by atoms with Crippen molar-refractivity contribution in [3.63, 3.8) is 0 Å². The molecule has 0 spiro atoms. The van der Waals surface area contributed by atoms with Crippen LogP contribution >= 0.6 is 0 Å². The van der Waals surface area contributed by atoms with Crippen LogP contribution < -0.4 is 0 Å². The molecule has 20 rings (SSSR count). The molecule has 0 unspecified atom stereocenters. The van der Waals surface area contributed by atoms with Crippen LogP contribution in [0.5, 0.6) is 0 Å². The highest BCUT2D eigenvalue weighted by atomic mass is 15.3. The van der Waals surface area contributed by atoms with Crippen LogP contribution in [0.15, 0.2) is 347 Å². The summed E-state index contributed by atoms with van der Waals surface area (Å²) in [4.78, 5) is 34.4. The van der Waals surface area contributed by atoms with E-state index >= 15 is 0 Å². The molecule has 474 valence electrons. The van der Waals surface area contributed by atoms with E-state index in [1.807, 2.05) is 255 Å². The lowest BCUT2D eigenvalue weighted by Crippen LogP contribution is -2.01. The van der Waals surface area contributed by atoms with Gasteiger partial charge in [-0.1, -0.05) is 188 Å². The third kappa shape index (κ3) is 15.3. The fraction of sp³-hybridized carbons (Fsp3) is 0. The molecule has 0 saturated carbocycles. The van der Waals surface area contributed by atoms with Crippen LogP contribution in [0.4, 0.5) is 0 Å². The summed E-state index contributed by atoms with van der Waals surface area (Å²) >= 11 is 0. The van der Waals surface area contributed by atoms with E-state index in [1.165, 1.54) is 16.2 Å². The van der Waals surface area contributed by atoms with E-state index in [0.717, 1.165) is 110 Å². The van der Waals surface area contributed by atoms with Crippen LogP contribution in [-0.2, 0) is 0 Å². The van der Waals surface area contributed by atoms with Gasteiger partial charge in [0.25, 0.3) is 0 Å². The summed E-state index contributed by atoms with van der Waals surface area (Å²) in [6.07, 6.45) is 19.3. The van der Waals surface area contributed by atoms with Crippen molar-refractivity contribution in [2.45, 2.75) is 0 Å². The van der Waals surface area contributed by atoms with E-state index in [2.05, 4.69) is 131 Å². The van der Waals surface area contributed by atoms with Crippen LogP contribution in [0.25, 0.3) is 143 Å². The summed E-state index contributed by atoms with van der Waals surface area (Å²) < 4.78 is 0. The Labute approximate surface area is 572 Å². The second-order valence-electron chi connectivity index (χ2n) is 22.3. The molecule has 10 aromatic carbocycles. The number of benzene rings is 10. The second-order valence-corrected chi connectivity index (χ2v) is 22.3. The number of nitrogens with zero attached hydrogens (tertiary/aromatic N) is 17. The zero-order valence-electron chi connectivity index (χ0n) is 53.5. The molecule has 0 saturated heterocycles. The molecule has 100 heavy (non-hydrogen) atoms. The predicted molar refractivity (Wildman–Crippen MR) is 399 cm³/mol. The van der Waals surface area contributed by atoms with Gasteiger partial charge in [0, 0.05) is 103 Å². The molecule has 0 atom stereocenters. The average Bonchev–Trinajstić information content (AvgIpc) is 0.739. The van der Waals surface area contributed by atoms with Gasteiger partial charge in [0.1, 0.15) is 17.7 Å². The molecule has 0 bridgehead atoms. The molecule has 0 N–H and O–H groups in total. The van der Waals surface area contributed by atoms with Crippen molar-refractivity contribution in [2.75, 3.05) is 0 Å². The van der Waals surface area contributed by atoms with Gasteiger partial charge in [-0.3, -0.25) is 24.9 Å². The molecule has 0 fully saturated rings. The number of rotatable bonds is 3. The molecule has 0 radical (unpaired) electrons. The fourth-order valence-electron chi connectivity index (χ4n) is 11.1. The molecule has 20 aromatic rings. The Morgan fingerprint density at radius 2 is 0.750 bits per heavy atom. The van der Waals surface area contributed by atoms with Crippen molar-refractivity contribution in [1.29, 1.82) is 0 Å². The Balaban J connectivity index is 0.000000114. The summed E-state index contributed by atoms with van der Waals surface area (Å²) in [6.45, 7) is 0. The molecule has 17 nitrogen and oxygen atoms in total.